The highest BCUT2D eigenvalue weighted by atomic mass is 35.5. The molecule has 2 amide bonds. The molecule has 1 unspecified atom stereocenters. The number of carbonyl (C=O) groups is 2. The Kier molecular flexibility index (Phi) is 5.96. The first-order valence-electron chi connectivity index (χ1n) is 7.67. The lowest BCUT2D eigenvalue weighted by atomic mass is 10.1. The molecule has 0 aliphatic carbocycles. The van der Waals surface area contributed by atoms with E-state index in [1.54, 1.807) is 4.90 Å². The molecule has 1 saturated heterocycles. The van der Waals surface area contributed by atoms with Gasteiger partial charge < -0.3 is 15.1 Å². The number of amides is 2. The molecule has 2 aliphatic heterocycles. The van der Waals surface area contributed by atoms with Crippen LogP contribution in [0.15, 0.2) is 24.3 Å². The van der Waals surface area contributed by atoms with Crippen molar-refractivity contribution in [1.82, 2.24) is 10.2 Å². The monoisotopic (exact) mass is 341 g/mol. The van der Waals surface area contributed by atoms with Crippen molar-refractivity contribution in [2.75, 3.05) is 37.8 Å². The standard InChI is InChI=1S/C16H20FN3O2.ClH/c17-6-9-19-10-7-18-13(16(19)22)11-15(21)20-8-5-12-3-1-2-4-14(12)20;/h1-4,13,18H,5-11H2;1H. The van der Waals surface area contributed by atoms with Gasteiger partial charge in [-0.1, -0.05) is 18.2 Å². The molecule has 0 spiro atoms. The van der Waals surface area contributed by atoms with Crippen LogP contribution in [0.2, 0.25) is 0 Å². The van der Waals surface area contributed by atoms with E-state index < -0.39 is 12.7 Å². The van der Waals surface area contributed by atoms with Gasteiger partial charge in [-0.2, -0.15) is 0 Å². The van der Waals surface area contributed by atoms with Gasteiger partial charge in [-0.3, -0.25) is 9.59 Å². The molecule has 0 aromatic heterocycles. The first kappa shape index (κ1) is 17.7. The molecule has 126 valence electrons. The number of hydrogen-bond donors (Lipinski definition) is 1. The lowest BCUT2D eigenvalue weighted by molar-refractivity contribution is -0.138. The van der Waals surface area contributed by atoms with Crippen LogP contribution >= 0.6 is 12.4 Å². The second kappa shape index (κ2) is 7.75. The summed E-state index contributed by atoms with van der Waals surface area (Å²) in [4.78, 5) is 28.0. The Bertz CT molecular complexity index is 582. The smallest absolute Gasteiger partial charge is 0.240 e. The molecule has 2 aliphatic rings. The zero-order valence-electron chi connectivity index (χ0n) is 12.8. The number of nitrogens with zero attached hydrogens (tertiary/aromatic N) is 2. The summed E-state index contributed by atoms with van der Waals surface area (Å²) in [5.74, 6) is -0.234. The molecule has 5 nitrogen and oxygen atoms in total. The summed E-state index contributed by atoms with van der Waals surface area (Å²) in [5.41, 5.74) is 2.11. The first-order valence-corrected chi connectivity index (χ1v) is 7.67. The number of benzene rings is 1. The number of fused-ring (bicyclic) bond motifs is 1. The van der Waals surface area contributed by atoms with Gasteiger partial charge in [0.1, 0.15) is 6.67 Å². The molecule has 1 N–H and O–H groups in total. The zero-order valence-corrected chi connectivity index (χ0v) is 13.7. The summed E-state index contributed by atoms with van der Waals surface area (Å²) in [7, 11) is 0. The fourth-order valence-corrected chi connectivity index (χ4v) is 3.16. The number of piperazine rings is 1. The topological polar surface area (TPSA) is 52.7 Å². The van der Waals surface area contributed by atoms with Crippen molar-refractivity contribution >= 4 is 29.9 Å². The van der Waals surface area contributed by atoms with E-state index in [-0.39, 0.29) is 37.2 Å². The van der Waals surface area contributed by atoms with Gasteiger partial charge in [-0.05, 0) is 18.1 Å². The summed E-state index contributed by atoms with van der Waals surface area (Å²) in [6, 6.07) is 7.30. The van der Waals surface area contributed by atoms with Gasteiger partial charge >= 0.3 is 0 Å². The second-order valence-electron chi connectivity index (χ2n) is 5.65. The largest absolute Gasteiger partial charge is 0.337 e. The maximum atomic E-state index is 12.5. The molecule has 1 atom stereocenters. The van der Waals surface area contributed by atoms with E-state index in [0.29, 0.717) is 19.6 Å². The average molecular weight is 342 g/mol. The number of rotatable bonds is 4. The van der Waals surface area contributed by atoms with Crippen molar-refractivity contribution < 1.29 is 14.0 Å². The Hall–Kier alpha value is -1.66. The van der Waals surface area contributed by atoms with Gasteiger partial charge in [0.05, 0.1) is 12.5 Å². The van der Waals surface area contributed by atoms with E-state index >= 15 is 0 Å². The van der Waals surface area contributed by atoms with E-state index in [0.717, 1.165) is 17.7 Å². The normalized spacial score (nSPS) is 20.2. The van der Waals surface area contributed by atoms with E-state index in [9.17, 15) is 14.0 Å². The van der Waals surface area contributed by atoms with Crippen molar-refractivity contribution in [1.29, 1.82) is 0 Å². The molecular weight excluding hydrogens is 321 g/mol. The van der Waals surface area contributed by atoms with Gasteiger partial charge in [0, 0.05) is 31.9 Å². The van der Waals surface area contributed by atoms with Crippen molar-refractivity contribution in [2.45, 2.75) is 18.9 Å². The first-order chi connectivity index (χ1) is 10.7. The van der Waals surface area contributed by atoms with Crippen LogP contribution in [0.1, 0.15) is 12.0 Å². The van der Waals surface area contributed by atoms with Crippen LogP contribution in [0.3, 0.4) is 0 Å². The van der Waals surface area contributed by atoms with E-state index in [1.165, 1.54) is 4.90 Å². The molecule has 3 rings (SSSR count). The van der Waals surface area contributed by atoms with E-state index in [1.807, 2.05) is 24.3 Å². The molecular formula is C16H21ClFN3O2. The van der Waals surface area contributed by atoms with Crippen LogP contribution < -0.4 is 10.2 Å². The molecule has 1 aromatic rings. The molecule has 1 fully saturated rings. The van der Waals surface area contributed by atoms with Gasteiger partial charge in [0.2, 0.25) is 11.8 Å². The third-order valence-corrected chi connectivity index (χ3v) is 4.30. The number of hydrogen-bond acceptors (Lipinski definition) is 3. The Balaban J connectivity index is 0.00000192. The summed E-state index contributed by atoms with van der Waals surface area (Å²) < 4.78 is 12.5. The van der Waals surface area contributed by atoms with Crippen molar-refractivity contribution in [3.05, 3.63) is 29.8 Å². The number of carbonyl (C=O) groups excluding carboxylic acids is 2. The van der Waals surface area contributed by atoms with Gasteiger partial charge in [-0.25, -0.2) is 4.39 Å². The SMILES string of the molecule is Cl.O=C1C(CC(=O)N2CCc3ccccc32)NCCN1CCF. The lowest BCUT2D eigenvalue weighted by Crippen LogP contribution is -2.56. The number of nitrogens with one attached hydrogen (secondary N) is 1. The zero-order chi connectivity index (χ0) is 15.5. The van der Waals surface area contributed by atoms with Crippen molar-refractivity contribution in [3.8, 4) is 0 Å². The van der Waals surface area contributed by atoms with E-state index in [2.05, 4.69) is 5.32 Å². The van der Waals surface area contributed by atoms with Crippen LogP contribution in [0.4, 0.5) is 10.1 Å². The van der Waals surface area contributed by atoms with Gasteiger partial charge in [-0.15, -0.1) is 12.4 Å². The minimum atomic E-state index is -0.550. The highest BCUT2D eigenvalue weighted by Gasteiger charge is 2.33. The molecule has 2 heterocycles. The highest BCUT2D eigenvalue weighted by molar-refractivity contribution is 5.98. The maximum absolute atomic E-state index is 12.5. The number of para-hydroxylation sites is 1. The molecule has 23 heavy (non-hydrogen) atoms. The fraction of sp³-hybridized carbons (Fsp3) is 0.500. The van der Waals surface area contributed by atoms with Crippen LogP contribution in [-0.4, -0.2) is 55.6 Å². The number of halogens is 2. The maximum Gasteiger partial charge on any atom is 0.240 e. The molecule has 7 heteroatoms. The van der Waals surface area contributed by atoms with Crippen LogP contribution in [0, 0.1) is 0 Å². The Labute approximate surface area is 141 Å². The van der Waals surface area contributed by atoms with Crippen molar-refractivity contribution in [2.24, 2.45) is 0 Å². The molecule has 1 aromatic carbocycles. The summed E-state index contributed by atoms with van der Waals surface area (Å²) >= 11 is 0. The minimum Gasteiger partial charge on any atom is -0.337 e. The highest BCUT2D eigenvalue weighted by Crippen LogP contribution is 2.28. The minimum absolute atomic E-state index is 0. The fourth-order valence-electron chi connectivity index (χ4n) is 3.16. The lowest BCUT2D eigenvalue weighted by Gasteiger charge is -2.33. The van der Waals surface area contributed by atoms with Gasteiger partial charge in [0.15, 0.2) is 0 Å². The van der Waals surface area contributed by atoms with Crippen molar-refractivity contribution in [3.63, 3.8) is 0 Å². The summed E-state index contributed by atoms with van der Waals surface area (Å²) in [6.45, 7) is 1.32. The van der Waals surface area contributed by atoms with Crippen LogP contribution in [0.25, 0.3) is 0 Å². The average Bonchev–Trinajstić information content (AvgIpc) is 2.95. The van der Waals surface area contributed by atoms with Gasteiger partial charge in [0.25, 0.3) is 0 Å². The number of alkyl halides is 1. The predicted octanol–water partition coefficient (Wildman–Crippen LogP) is 1.16. The third kappa shape index (κ3) is 3.64. The number of anilines is 1. The summed E-state index contributed by atoms with van der Waals surface area (Å²) in [5, 5.41) is 3.07. The second-order valence-corrected chi connectivity index (χ2v) is 5.65. The summed E-state index contributed by atoms with van der Waals surface area (Å²) in [6.07, 6.45) is 0.970. The third-order valence-electron chi connectivity index (χ3n) is 4.30. The molecule has 0 bridgehead atoms. The Morgan fingerprint density at radius 1 is 1.30 bits per heavy atom. The Morgan fingerprint density at radius 2 is 2.09 bits per heavy atom. The molecule has 0 radical (unpaired) electrons. The van der Waals surface area contributed by atoms with Crippen LogP contribution in [-0.2, 0) is 16.0 Å². The molecule has 0 saturated carbocycles. The Morgan fingerprint density at radius 3 is 2.87 bits per heavy atom. The quantitative estimate of drug-likeness (QED) is 0.894. The predicted molar refractivity (Wildman–Crippen MR) is 88.7 cm³/mol. The van der Waals surface area contributed by atoms with E-state index in [4.69, 9.17) is 0 Å². The van der Waals surface area contributed by atoms with Crippen LogP contribution in [0.5, 0.6) is 0 Å².